The molecule has 14 aromatic carbocycles. The molecule has 0 radical (unpaired) electrons. The molecule has 18 rings (SSSR count). The summed E-state index contributed by atoms with van der Waals surface area (Å²) >= 11 is 3.77. The van der Waals surface area contributed by atoms with Gasteiger partial charge in [0, 0.05) is 74.7 Å². The Kier molecular flexibility index (Phi) is 10.6. The molecule has 0 spiro atoms. The molecule has 4 heteroatoms. The minimum atomic E-state index is -0.127. The van der Waals surface area contributed by atoms with Crippen molar-refractivity contribution in [3.63, 3.8) is 0 Å². The number of hydrogen-bond donors (Lipinski definition) is 0. The lowest BCUT2D eigenvalue weighted by Gasteiger charge is -2.31. The van der Waals surface area contributed by atoms with E-state index in [-0.39, 0.29) is 10.8 Å². The Morgan fingerprint density at radius 2 is 0.628 bits per heavy atom. The van der Waals surface area contributed by atoms with Crippen LogP contribution < -0.4 is 9.80 Å². The zero-order valence-electron chi connectivity index (χ0n) is 48.1. The molecule has 2 heterocycles. The number of para-hydroxylation sites is 2. The second kappa shape index (κ2) is 18.3. The number of thiophene rings is 2. The average molecular weight is 1130 g/mol. The van der Waals surface area contributed by atoms with Crippen LogP contribution in [-0.4, -0.2) is 0 Å². The van der Waals surface area contributed by atoms with Crippen LogP contribution in [0.3, 0.4) is 0 Å². The third kappa shape index (κ3) is 7.00. The summed E-state index contributed by atoms with van der Waals surface area (Å²) in [6.07, 6.45) is 0. The molecule has 0 N–H and O–H groups in total. The minimum absolute atomic E-state index is 0.127. The van der Waals surface area contributed by atoms with Crippen molar-refractivity contribution >= 4 is 129 Å². The van der Waals surface area contributed by atoms with E-state index < -0.39 is 0 Å². The van der Waals surface area contributed by atoms with Gasteiger partial charge in [-0.05, 0) is 150 Å². The lowest BCUT2D eigenvalue weighted by atomic mass is 9.81. The van der Waals surface area contributed by atoms with Crippen LogP contribution in [0.15, 0.2) is 267 Å². The van der Waals surface area contributed by atoms with Crippen LogP contribution in [0.2, 0.25) is 0 Å². The number of nitrogens with zero attached hydrogens (tertiary/aromatic N) is 2. The third-order valence-corrected chi connectivity index (χ3v) is 21.8. The standard InChI is InChI=1S/C82H56N2S2/c1-81(2)67-31-15-11-25-53(67)65-45-49(37-43-69(65)81)63-47-73(83(51-21-7-5-8-22-51)71-33-19-29-59-55-27-13-17-35-75(55)85-79(59)71)61-42-40-58-64(50-38-44-70-66(46-50)54-26-12-16-32-68(54)82(70,3)4)48-74(62-41-39-57(63)77(61)78(58)62)84(52-23-9-6-10-24-52)72-34-20-30-60-56-28-14-18-36-76(56)86-80(60)72/h5-48H,1-4H3. The van der Waals surface area contributed by atoms with Crippen LogP contribution in [0.25, 0.3) is 117 Å². The fraction of sp³-hybridized carbons (Fsp3) is 0.0732. The van der Waals surface area contributed by atoms with E-state index in [1.165, 1.54) is 139 Å². The molecule has 0 fully saturated rings. The van der Waals surface area contributed by atoms with Crippen molar-refractivity contribution < 1.29 is 0 Å². The van der Waals surface area contributed by atoms with Crippen LogP contribution >= 0.6 is 22.7 Å². The molecule has 0 amide bonds. The van der Waals surface area contributed by atoms with Gasteiger partial charge >= 0.3 is 0 Å². The molecule has 2 aromatic heterocycles. The van der Waals surface area contributed by atoms with E-state index in [1.54, 1.807) is 0 Å². The van der Waals surface area contributed by atoms with E-state index in [0.29, 0.717) is 0 Å². The van der Waals surface area contributed by atoms with E-state index in [2.05, 4.69) is 304 Å². The molecular formula is C82H56N2S2. The van der Waals surface area contributed by atoms with E-state index in [4.69, 9.17) is 0 Å². The number of hydrogen-bond acceptors (Lipinski definition) is 4. The van der Waals surface area contributed by atoms with Crippen molar-refractivity contribution in [3.05, 3.63) is 289 Å². The number of rotatable bonds is 8. The Labute approximate surface area is 508 Å². The second-order valence-corrected chi connectivity index (χ2v) is 26.8. The highest BCUT2D eigenvalue weighted by Gasteiger charge is 2.37. The summed E-state index contributed by atoms with van der Waals surface area (Å²) in [6.45, 7) is 9.53. The van der Waals surface area contributed by atoms with Gasteiger partial charge in [0.25, 0.3) is 0 Å². The van der Waals surface area contributed by atoms with Gasteiger partial charge in [0.2, 0.25) is 0 Å². The number of benzene rings is 14. The fourth-order valence-corrected chi connectivity index (χ4v) is 17.8. The van der Waals surface area contributed by atoms with Crippen molar-refractivity contribution in [2.75, 3.05) is 9.80 Å². The van der Waals surface area contributed by atoms with Crippen LogP contribution in [-0.2, 0) is 10.8 Å². The quantitative estimate of drug-likeness (QED) is 0.140. The first kappa shape index (κ1) is 49.6. The monoisotopic (exact) mass is 1130 g/mol. The highest BCUT2D eigenvalue weighted by atomic mass is 32.1. The molecule has 2 aliphatic rings. The lowest BCUT2D eigenvalue weighted by Crippen LogP contribution is -2.14. The molecule has 16 aromatic rings. The summed E-state index contributed by atoms with van der Waals surface area (Å²) < 4.78 is 5.10. The normalized spacial score (nSPS) is 13.8. The third-order valence-electron chi connectivity index (χ3n) is 19.4. The predicted molar refractivity (Wildman–Crippen MR) is 371 cm³/mol. The summed E-state index contributed by atoms with van der Waals surface area (Å²) in [7, 11) is 0. The van der Waals surface area contributed by atoms with E-state index in [0.717, 1.165) is 34.1 Å². The predicted octanol–water partition coefficient (Wildman–Crippen LogP) is 24.2. The molecular weight excluding hydrogens is 1080 g/mol. The van der Waals surface area contributed by atoms with Crippen molar-refractivity contribution in [2.24, 2.45) is 0 Å². The first-order valence-corrected chi connectivity index (χ1v) is 31.6. The largest absolute Gasteiger partial charge is 0.308 e. The van der Waals surface area contributed by atoms with Gasteiger partial charge in [0.05, 0.1) is 32.1 Å². The van der Waals surface area contributed by atoms with Gasteiger partial charge in [-0.2, -0.15) is 0 Å². The maximum atomic E-state index is 2.57. The summed E-state index contributed by atoms with van der Waals surface area (Å²) in [5.41, 5.74) is 22.1. The molecule has 0 aliphatic heterocycles. The molecule has 0 bridgehead atoms. The van der Waals surface area contributed by atoms with E-state index in [9.17, 15) is 0 Å². The van der Waals surface area contributed by atoms with Crippen molar-refractivity contribution in [2.45, 2.75) is 38.5 Å². The van der Waals surface area contributed by atoms with Crippen molar-refractivity contribution in [1.29, 1.82) is 0 Å². The average Bonchev–Trinajstić information content (AvgIpc) is 0.997. The highest BCUT2D eigenvalue weighted by Crippen LogP contribution is 2.57. The summed E-state index contributed by atoms with van der Waals surface area (Å²) in [4.78, 5) is 5.14. The van der Waals surface area contributed by atoms with Crippen molar-refractivity contribution in [1.82, 2.24) is 0 Å². The lowest BCUT2D eigenvalue weighted by molar-refractivity contribution is 0.660. The Morgan fingerprint density at radius 1 is 0.256 bits per heavy atom. The molecule has 0 saturated carbocycles. The fourth-order valence-electron chi connectivity index (χ4n) is 15.4. The molecule has 0 saturated heterocycles. The Hall–Kier alpha value is -9.84. The Balaban J connectivity index is 1.00. The summed E-state index contributed by atoms with van der Waals surface area (Å²) in [5, 5.41) is 12.5. The molecule has 2 aliphatic carbocycles. The van der Waals surface area contributed by atoms with Gasteiger partial charge in [0.1, 0.15) is 0 Å². The minimum Gasteiger partial charge on any atom is -0.308 e. The topological polar surface area (TPSA) is 6.48 Å². The van der Waals surface area contributed by atoms with Gasteiger partial charge in [-0.1, -0.05) is 222 Å². The van der Waals surface area contributed by atoms with E-state index in [1.807, 2.05) is 22.7 Å². The highest BCUT2D eigenvalue weighted by molar-refractivity contribution is 7.26. The van der Waals surface area contributed by atoms with Crippen LogP contribution in [0.4, 0.5) is 34.1 Å². The maximum absolute atomic E-state index is 2.57. The molecule has 2 nitrogen and oxygen atoms in total. The zero-order chi connectivity index (χ0) is 57.2. The van der Waals surface area contributed by atoms with Gasteiger partial charge in [0.15, 0.2) is 0 Å². The maximum Gasteiger partial charge on any atom is 0.0640 e. The number of fused-ring (bicyclic) bond motifs is 12. The second-order valence-electron chi connectivity index (χ2n) is 24.7. The Morgan fingerprint density at radius 3 is 1.08 bits per heavy atom. The number of anilines is 6. The first-order chi connectivity index (χ1) is 42.2. The Bertz CT molecular complexity index is 5150. The SMILES string of the molecule is CC1(C)c2ccccc2-c2cc(-c3cc(N(c4ccccc4)c4cccc5c4sc4ccccc45)c4ccc5c(-c6ccc7c(c6)-c6ccccc6C7(C)C)cc(N(c6ccccc6)c6cccc7c6sc6ccccc67)c6ccc3c4c56)ccc21. The van der Waals surface area contributed by atoms with Gasteiger partial charge in [-0.3, -0.25) is 0 Å². The smallest absolute Gasteiger partial charge is 0.0640 e. The van der Waals surface area contributed by atoms with Gasteiger partial charge in [-0.25, -0.2) is 0 Å². The summed E-state index contributed by atoms with van der Waals surface area (Å²) in [6, 6.07) is 101. The molecule has 0 unspecified atom stereocenters. The molecule has 406 valence electrons. The van der Waals surface area contributed by atoms with E-state index >= 15 is 0 Å². The summed E-state index contributed by atoms with van der Waals surface area (Å²) in [5.74, 6) is 0. The van der Waals surface area contributed by atoms with Crippen molar-refractivity contribution in [3.8, 4) is 44.5 Å². The van der Waals surface area contributed by atoms with Crippen LogP contribution in [0.5, 0.6) is 0 Å². The molecule has 0 atom stereocenters. The molecule has 86 heavy (non-hydrogen) atoms. The first-order valence-electron chi connectivity index (χ1n) is 30.0. The van der Waals surface area contributed by atoms with Gasteiger partial charge in [-0.15, -0.1) is 22.7 Å². The van der Waals surface area contributed by atoms with Crippen LogP contribution in [0, 0.1) is 0 Å². The van der Waals surface area contributed by atoms with Gasteiger partial charge < -0.3 is 9.80 Å². The zero-order valence-corrected chi connectivity index (χ0v) is 49.7. The van der Waals surface area contributed by atoms with Crippen LogP contribution in [0.1, 0.15) is 49.9 Å².